The van der Waals surface area contributed by atoms with Crippen LogP contribution in [0.4, 0.5) is 0 Å². The van der Waals surface area contributed by atoms with Crippen LogP contribution in [-0.2, 0) is 5.54 Å². The zero-order valence-corrected chi connectivity index (χ0v) is 9.67. The quantitative estimate of drug-likeness (QED) is 0.808. The average Bonchev–Trinajstić information content (AvgIpc) is 2.78. The lowest BCUT2D eigenvalue weighted by Crippen LogP contribution is -2.28. The van der Waals surface area contributed by atoms with Crippen molar-refractivity contribution in [3.63, 3.8) is 0 Å². The molecular formula is C13H14N4. The summed E-state index contributed by atoms with van der Waals surface area (Å²) in [6.07, 6.45) is 10.6. The van der Waals surface area contributed by atoms with Gasteiger partial charge in [-0.3, -0.25) is 0 Å². The van der Waals surface area contributed by atoms with Crippen molar-refractivity contribution in [3.05, 3.63) is 48.6 Å². The Morgan fingerprint density at radius 3 is 3.06 bits per heavy atom. The molecule has 1 unspecified atom stereocenters. The van der Waals surface area contributed by atoms with Crippen LogP contribution >= 0.6 is 0 Å². The van der Waals surface area contributed by atoms with Crippen molar-refractivity contribution in [2.75, 3.05) is 0 Å². The molecule has 0 amide bonds. The molecule has 17 heavy (non-hydrogen) atoms. The molecular weight excluding hydrogens is 212 g/mol. The van der Waals surface area contributed by atoms with Gasteiger partial charge in [0.25, 0.3) is 0 Å². The van der Waals surface area contributed by atoms with Gasteiger partial charge in [-0.1, -0.05) is 12.2 Å². The van der Waals surface area contributed by atoms with Gasteiger partial charge in [-0.25, -0.2) is 9.97 Å². The van der Waals surface area contributed by atoms with E-state index in [0.29, 0.717) is 0 Å². The van der Waals surface area contributed by atoms with Gasteiger partial charge in [0.15, 0.2) is 5.65 Å². The topological polar surface area (TPSA) is 56.7 Å². The second-order valence-corrected chi connectivity index (χ2v) is 4.56. The number of hydrogen-bond acceptors (Lipinski definition) is 3. The molecule has 0 spiro atoms. The summed E-state index contributed by atoms with van der Waals surface area (Å²) in [6.45, 7) is 2.17. The molecule has 4 nitrogen and oxygen atoms in total. The van der Waals surface area contributed by atoms with Crippen molar-refractivity contribution in [1.29, 1.82) is 0 Å². The lowest BCUT2D eigenvalue weighted by molar-refractivity contribution is 0.421. The summed E-state index contributed by atoms with van der Waals surface area (Å²) in [5.74, 6) is 0. The highest BCUT2D eigenvalue weighted by atomic mass is 15.1. The number of fused-ring (bicyclic) bond motifs is 1. The second-order valence-electron chi connectivity index (χ2n) is 4.56. The molecule has 2 aromatic rings. The summed E-state index contributed by atoms with van der Waals surface area (Å²) in [5, 5.41) is 0. The van der Waals surface area contributed by atoms with Crippen LogP contribution in [0.25, 0.3) is 11.2 Å². The van der Waals surface area contributed by atoms with Gasteiger partial charge in [-0.05, 0) is 31.6 Å². The minimum absolute atomic E-state index is 0.110. The first-order valence-electron chi connectivity index (χ1n) is 5.62. The maximum absolute atomic E-state index is 5.76. The minimum Gasteiger partial charge on any atom is -0.399 e. The molecule has 86 valence electrons. The number of nitrogens with two attached hydrogens (primary N) is 1. The van der Waals surface area contributed by atoms with Crippen LogP contribution in [0.2, 0.25) is 0 Å². The predicted octanol–water partition coefficient (Wildman–Crippen LogP) is 1.95. The fourth-order valence-corrected chi connectivity index (χ4v) is 2.17. The number of allylic oxidation sites excluding steroid dienone is 3. The average molecular weight is 226 g/mol. The summed E-state index contributed by atoms with van der Waals surface area (Å²) in [7, 11) is 0. The van der Waals surface area contributed by atoms with E-state index in [1.165, 1.54) is 0 Å². The largest absolute Gasteiger partial charge is 0.399 e. The fourth-order valence-electron chi connectivity index (χ4n) is 2.17. The molecule has 0 fully saturated rings. The van der Waals surface area contributed by atoms with Crippen molar-refractivity contribution in [2.45, 2.75) is 18.9 Å². The third kappa shape index (κ3) is 1.53. The predicted molar refractivity (Wildman–Crippen MR) is 67.2 cm³/mol. The molecule has 4 heteroatoms. The van der Waals surface area contributed by atoms with E-state index in [1.54, 1.807) is 6.20 Å². The molecule has 2 N–H and O–H groups in total. The molecule has 3 rings (SSSR count). The third-order valence-corrected chi connectivity index (χ3v) is 3.26. The summed E-state index contributed by atoms with van der Waals surface area (Å²) in [6, 6.07) is 3.97. The third-order valence-electron chi connectivity index (χ3n) is 3.26. The van der Waals surface area contributed by atoms with Gasteiger partial charge in [0.2, 0.25) is 0 Å². The number of imidazole rings is 1. The van der Waals surface area contributed by atoms with Crippen LogP contribution in [0.1, 0.15) is 13.3 Å². The SMILES string of the molecule is CC1(n2cnc3ncccc32)C=CC(N)=CC1. The molecule has 1 aliphatic rings. The van der Waals surface area contributed by atoms with Gasteiger partial charge in [0.1, 0.15) is 0 Å². The standard InChI is InChI=1S/C13H14N4/c1-13(6-4-10(14)5-7-13)17-9-16-12-11(17)3-2-8-15-12/h2-6,8-9H,7,14H2,1H3. The first-order chi connectivity index (χ1) is 8.19. The molecule has 2 aromatic heterocycles. The number of aromatic nitrogens is 3. The van der Waals surface area contributed by atoms with Crippen molar-refractivity contribution in [2.24, 2.45) is 5.73 Å². The monoisotopic (exact) mass is 226 g/mol. The number of hydrogen-bond donors (Lipinski definition) is 1. The second kappa shape index (κ2) is 3.45. The Morgan fingerprint density at radius 2 is 2.29 bits per heavy atom. The zero-order valence-electron chi connectivity index (χ0n) is 9.67. The first kappa shape index (κ1) is 10.1. The maximum atomic E-state index is 5.76. The molecule has 0 aromatic carbocycles. The molecule has 2 heterocycles. The van der Waals surface area contributed by atoms with E-state index in [1.807, 2.05) is 30.6 Å². The van der Waals surface area contributed by atoms with Gasteiger partial charge in [-0.2, -0.15) is 0 Å². The number of rotatable bonds is 1. The van der Waals surface area contributed by atoms with Crippen LogP contribution < -0.4 is 5.73 Å². The highest BCUT2D eigenvalue weighted by Crippen LogP contribution is 2.29. The van der Waals surface area contributed by atoms with Gasteiger partial charge in [0.05, 0.1) is 17.4 Å². The normalized spacial score (nSPS) is 23.9. The summed E-state index contributed by atoms with van der Waals surface area (Å²) >= 11 is 0. The molecule has 0 saturated heterocycles. The van der Waals surface area contributed by atoms with Gasteiger partial charge in [-0.15, -0.1) is 0 Å². The highest BCUT2D eigenvalue weighted by Gasteiger charge is 2.25. The van der Waals surface area contributed by atoms with E-state index < -0.39 is 0 Å². The van der Waals surface area contributed by atoms with Gasteiger partial charge < -0.3 is 10.3 Å². The number of pyridine rings is 1. The smallest absolute Gasteiger partial charge is 0.177 e. The molecule has 0 bridgehead atoms. The van der Waals surface area contributed by atoms with E-state index in [9.17, 15) is 0 Å². The van der Waals surface area contributed by atoms with Gasteiger partial charge >= 0.3 is 0 Å². The Balaban J connectivity index is 2.13. The van der Waals surface area contributed by atoms with Crippen LogP contribution in [0, 0.1) is 0 Å². The minimum atomic E-state index is -0.110. The maximum Gasteiger partial charge on any atom is 0.177 e. The highest BCUT2D eigenvalue weighted by molar-refractivity contribution is 5.70. The Labute approximate surface area is 99.5 Å². The lowest BCUT2D eigenvalue weighted by atomic mass is 9.92. The van der Waals surface area contributed by atoms with Gasteiger partial charge in [0, 0.05) is 11.9 Å². The summed E-state index contributed by atoms with van der Waals surface area (Å²) in [4.78, 5) is 8.57. The van der Waals surface area contributed by atoms with Crippen molar-refractivity contribution in [3.8, 4) is 0 Å². The fraction of sp³-hybridized carbons (Fsp3) is 0.231. The molecule has 0 aliphatic heterocycles. The van der Waals surface area contributed by atoms with Crippen LogP contribution in [0.5, 0.6) is 0 Å². The van der Waals surface area contributed by atoms with E-state index in [0.717, 1.165) is 23.3 Å². The van der Waals surface area contributed by atoms with E-state index in [4.69, 9.17) is 5.73 Å². The van der Waals surface area contributed by atoms with Crippen molar-refractivity contribution in [1.82, 2.24) is 14.5 Å². The molecule has 0 saturated carbocycles. The van der Waals surface area contributed by atoms with Crippen LogP contribution in [0.15, 0.2) is 48.6 Å². The molecule has 1 atom stereocenters. The first-order valence-corrected chi connectivity index (χ1v) is 5.62. The van der Waals surface area contributed by atoms with E-state index >= 15 is 0 Å². The summed E-state index contributed by atoms with van der Waals surface area (Å²) in [5.41, 5.74) is 8.30. The molecule has 0 radical (unpaired) electrons. The van der Waals surface area contributed by atoms with Crippen LogP contribution in [-0.4, -0.2) is 14.5 Å². The Hall–Kier alpha value is -2.10. The zero-order chi connectivity index (χ0) is 11.9. The Kier molecular flexibility index (Phi) is 2.04. The van der Waals surface area contributed by atoms with Crippen LogP contribution in [0.3, 0.4) is 0 Å². The van der Waals surface area contributed by atoms with E-state index in [2.05, 4.69) is 27.5 Å². The number of nitrogens with zero attached hydrogens (tertiary/aromatic N) is 3. The lowest BCUT2D eigenvalue weighted by Gasteiger charge is -2.29. The van der Waals surface area contributed by atoms with Crippen molar-refractivity contribution >= 4 is 11.2 Å². The van der Waals surface area contributed by atoms with Crippen molar-refractivity contribution < 1.29 is 0 Å². The Bertz CT molecular complexity index is 623. The van der Waals surface area contributed by atoms with E-state index in [-0.39, 0.29) is 5.54 Å². The Morgan fingerprint density at radius 1 is 1.41 bits per heavy atom. The summed E-state index contributed by atoms with van der Waals surface area (Å²) < 4.78 is 2.15. The molecule has 1 aliphatic carbocycles.